The van der Waals surface area contributed by atoms with Crippen molar-refractivity contribution < 1.29 is 14.3 Å². The summed E-state index contributed by atoms with van der Waals surface area (Å²) in [5.41, 5.74) is 1.91. The molecular formula is C20H23NO3S2. The molecule has 3 rings (SSSR count). The van der Waals surface area contributed by atoms with E-state index < -0.39 is 0 Å². The first-order valence-electron chi connectivity index (χ1n) is 8.85. The van der Waals surface area contributed by atoms with Gasteiger partial charge in [0.1, 0.15) is 10.4 Å². The number of hydrogen-bond donors (Lipinski definition) is 0. The Bertz CT molecular complexity index is 785. The summed E-state index contributed by atoms with van der Waals surface area (Å²) in [6.07, 6.45) is 7.00. The number of benzene rings is 1. The number of nitrogens with zero attached hydrogens (tertiary/aromatic N) is 1. The van der Waals surface area contributed by atoms with Crippen LogP contribution in [0.2, 0.25) is 0 Å². The van der Waals surface area contributed by atoms with Crippen molar-refractivity contribution in [2.24, 2.45) is 0 Å². The molecule has 0 spiro atoms. The van der Waals surface area contributed by atoms with Crippen LogP contribution in [0, 0.1) is 0 Å². The van der Waals surface area contributed by atoms with Gasteiger partial charge < -0.3 is 9.47 Å². The third kappa shape index (κ3) is 3.81. The first-order chi connectivity index (χ1) is 12.5. The fourth-order valence-corrected chi connectivity index (χ4v) is 4.31. The third-order valence-corrected chi connectivity index (χ3v) is 5.85. The minimum Gasteiger partial charge on any atom is -0.493 e. The van der Waals surface area contributed by atoms with Gasteiger partial charge in [-0.15, -0.1) is 0 Å². The van der Waals surface area contributed by atoms with Crippen LogP contribution in [0.4, 0.5) is 0 Å². The summed E-state index contributed by atoms with van der Waals surface area (Å²) in [4.78, 5) is 15.1. The molecule has 1 unspecified atom stereocenters. The van der Waals surface area contributed by atoms with Gasteiger partial charge in [0.05, 0.1) is 12.0 Å². The summed E-state index contributed by atoms with van der Waals surface area (Å²) in [5, 5.41) is 0. The highest BCUT2D eigenvalue weighted by Crippen LogP contribution is 2.39. The van der Waals surface area contributed by atoms with E-state index in [1.165, 1.54) is 11.8 Å². The maximum Gasteiger partial charge on any atom is 0.266 e. The Balaban J connectivity index is 1.84. The van der Waals surface area contributed by atoms with Crippen LogP contribution < -0.4 is 9.47 Å². The Kier molecular flexibility index (Phi) is 6.04. The standard InChI is InChI=1S/C20H23NO3S2/c1-4-5-6-10-21-19(22)17(26-20(21)25)12-15-11-14-8-7-9-16(23-3)18(14)24-13(15)2/h7-9,11-13H,4-6,10H2,1-3H3/b17-12-. The summed E-state index contributed by atoms with van der Waals surface area (Å²) < 4.78 is 12.1. The number of thioether (sulfide) groups is 1. The number of rotatable bonds is 6. The molecule has 1 amide bonds. The SMILES string of the molecule is CCCCCN1C(=O)/C(=C/C2=Cc3cccc(OC)c3OC2C)SC1=S. The molecule has 26 heavy (non-hydrogen) atoms. The second-order valence-corrected chi connectivity index (χ2v) is 8.00. The van der Waals surface area contributed by atoms with Crippen molar-refractivity contribution >= 4 is 40.3 Å². The van der Waals surface area contributed by atoms with Crippen LogP contribution in [0.5, 0.6) is 11.5 Å². The lowest BCUT2D eigenvalue weighted by Crippen LogP contribution is -2.29. The van der Waals surface area contributed by atoms with Gasteiger partial charge in [0.2, 0.25) is 0 Å². The van der Waals surface area contributed by atoms with E-state index in [0.717, 1.165) is 36.1 Å². The molecule has 1 saturated heterocycles. The molecule has 2 aliphatic heterocycles. The Morgan fingerprint density at radius 2 is 2.19 bits per heavy atom. The molecule has 1 fully saturated rings. The summed E-state index contributed by atoms with van der Waals surface area (Å²) >= 11 is 6.77. The van der Waals surface area contributed by atoms with Gasteiger partial charge in [-0.1, -0.05) is 55.9 Å². The lowest BCUT2D eigenvalue weighted by atomic mass is 10.0. The molecule has 2 heterocycles. The van der Waals surface area contributed by atoms with Crippen molar-refractivity contribution in [2.45, 2.75) is 39.2 Å². The minimum atomic E-state index is -0.164. The number of thiocarbonyl (C=S) groups is 1. The highest BCUT2D eigenvalue weighted by atomic mass is 32.2. The third-order valence-electron chi connectivity index (χ3n) is 4.47. The van der Waals surface area contributed by atoms with E-state index in [2.05, 4.69) is 13.0 Å². The van der Waals surface area contributed by atoms with Gasteiger partial charge in [-0.3, -0.25) is 9.69 Å². The van der Waals surface area contributed by atoms with Gasteiger partial charge in [0, 0.05) is 12.1 Å². The number of methoxy groups -OCH3 is 1. The van der Waals surface area contributed by atoms with Crippen molar-refractivity contribution in [2.75, 3.05) is 13.7 Å². The van der Waals surface area contributed by atoms with E-state index in [4.69, 9.17) is 21.7 Å². The number of hydrogen-bond acceptors (Lipinski definition) is 5. The van der Waals surface area contributed by atoms with Crippen LogP contribution in [-0.2, 0) is 4.79 Å². The fraction of sp³-hybridized carbons (Fsp3) is 0.400. The van der Waals surface area contributed by atoms with E-state index in [1.807, 2.05) is 31.2 Å². The molecule has 6 heteroatoms. The normalized spacial score (nSPS) is 20.9. The molecule has 0 saturated carbocycles. The number of para-hydroxylation sites is 1. The van der Waals surface area contributed by atoms with E-state index in [0.29, 0.717) is 21.5 Å². The maximum absolute atomic E-state index is 12.7. The second-order valence-electron chi connectivity index (χ2n) is 6.32. The topological polar surface area (TPSA) is 38.8 Å². The largest absolute Gasteiger partial charge is 0.493 e. The number of ether oxygens (including phenoxy) is 2. The fourth-order valence-electron chi connectivity index (χ4n) is 3.00. The first-order valence-corrected chi connectivity index (χ1v) is 10.1. The molecule has 0 N–H and O–H groups in total. The van der Waals surface area contributed by atoms with Crippen LogP contribution in [0.1, 0.15) is 38.7 Å². The lowest BCUT2D eigenvalue weighted by Gasteiger charge is -2.24. The van der Waals surface area contributed by atoms with Gasteiger partial charge in [-0.25, -0.2) is 0 Å². The molecule has 1 aromatic carbocycles. The molecule has 4 nitrogen and oxygen atoms in total. The Labute approximate surface area is 164 Å². The minimum absolute atomic E-state index is 0.000595. The number of carbonyl (C=O) groups is 1. The van der Waals surface area contributed by atoms with Crippen molar-refractivity contribution in [1.82, 2.24) is 4.90 Å². The van der Waals surface area contributed by atoms with Crippen LogP contribution in [0.25, 0.3) is 6.08 Å². The van der Waals surface area contributed by atoms with E-state index in [9.17, 15) is 4.79 Å². The summed E-state index contributed by atoms with van der Waals surface area (Å²) in [6.45, 7) is 4.81. The highest BCUT2D eigenvalue weighted by molar-refractivity contribution is 8.26. The molecular weight excluding hydrogens is 366 g/mol. The van der Waals surface area contributed by atoms with Crippen molar-refractivity contribution in [3.63, 3.8) is 0 Å². The van der Waals surface area contributed by atoms with E-state index >= 15 is 0 Å². The average molecular weight is 390 g/mol. The highest BCUT2D eigenvalue weighted by Gasteiger charge is 2.32. The smallest absolute Gasteiger partial charge is 0.266 e. The van der Waals surface area contributed by atoms with E-state index in [1.54, 1.807) is 12.0 Å². The van der Waals surface area contributed by atoms with Crippen LogP contribution in [0.3, 0.4) is 0 Å². The number of amides is 1. The van der Waals surface area contributed by atoms with Crippen molar-refractivity contribution in [3.05, 3.63) is 40.3 Å². The van der Waals surface area contributed by atoms with Gasteiger partial charge >= 0.3 is 0 Å². The molecule has 0 bridgehead atoms. The number of unbranched alkanes of at least 4 members (excludes halogenated alkanes) is 2. The van der Waals surface area contributed by atoms with Crippen LogP contribution >= 0.6 is 24.0 Å². The maximum atomic E-state index is 12.7. The predicted octanol–water partition coefficient (Wildman–Crippen LogP) is 4.79. The number of carbonyl (C=O) groups excluding carboxylic acids is 1. The van der Waals surface area contributed by atoms with Crippen molar-refractivity contribution in [1.29, 1.82) is 0 Å². The number of fused-ring (bicyclic) bond motifs is 1. The van der Waals surface area contributed by atoms with Gasteiger partial charge in [-0.05, 0) is 37.1 Å². The molecule has 2 aliphatic rings. The van der Waals surface area contributed by atoms with Crippen LogP contribution in [-0.4, -0.2) is 34.9 Å². The summed E-state index contributed by atoms with van der Waals surface area (Å²) in [7, 11) is 1.63. The average Bonchev–Trinajstić information content (AvgIpc) is 2.89. The van der Waals surface area contributed by atoms with Crippen LogP contribution in [0.15, 0.2) is 34.8 Å². The quantitative estimate of drug-likeness (QED) is 0.397. The van der Waals surface area contributed by atoms with Gasteiger partial charge in [-0.2, -0.15) is 0 Å². The van der Waals surface area contributed by atoms with Gasteiger partial charge in [0.15, 0.2) is 11.5 Å². The molecule has 0 aliphatic carbocycles. The zero-order valence-electron chi connectivity index (χ0n) is 15.3. The Morgan fingerprint density at radius 1 is 1.38 bits per heavy atom. The Hall–Kier alpha value is -1.79. The van der Waals surface area contributed by atoms with Crippen molar-refractivity contribution in [3.8, 4) is 11.5 Å². The zero-order chi connectivity index (χ0) is 18.7. The monoisotopic (exact) mass is 389 g/mol. The predicted molar refractivity (Wildman–Crippen MR) is 111 cm³/mol. The lowest BCUT2D eigenvalue weighted by molar-refractivity contribution is -0.122. The Morgan fingerprint density at radius 3 is 2.92 bits per heavy atom. The second kappa shape index (κ2) is 8.27. The van der Waals surface area contributed by atoms with Gasteiger partial charge in [0.25, 0.3) is 5.91 Å². The summed E-state index contributed by atoms with van der Waals surface area (Å²) in [5.74, 6) is 1.46. The first kappa shape index (κ1) is 19.0. The molecule has 1 atom stereocenters. The zero-order valence-corrected chi connectivity index (χ0v) is 16.9. The van der Waals surface area contributed by atoms with E-state index in [-0.39, 0.29) is 12.0 Å². The molecule has 138 valence electrons. The summed E-state index contributed by atoms with van der Waals surface area (Å²) in [6, 6.07) is 5.79. The molecule has 0 radical (unpaired) electrons. The molecule has 1 aromatic rings. The molecule has 0 aromatic heterocycles.